The van der Waals surface area contributed by atoms with E-state index in [2.05, 4.69) is 4.90 Å². The molecule has 0 radical (unpaired) electrons. The highest BCUT2D eigenvalue weighted by Gasteiger charge is 2.25. The number of esters is 1. The van der Waals surface area contributed by atoms with Gasteiger partial charge in [0.25, 0.3) is 5.91 Å². The van der Waals surface area contributed by atoms with Crippen molar-refractivity contribution in [2.75, 3.05) is 29.5 Å². The van der Waals surface area contributed by atoms with Crippen LogP contribution in [0.25, 0.3) is 10.9 Å². The molecule has 0 unspecified atom stereocenters. The van der Waals surface area contributed by atoms with Crippen molar-refractivity contribution in [2.24, 2.45) is 0 Å². The summed E-state index contributed by atoms with van der Waals surface area (Å²) in [5.74, 6) is -0.145. The maximum absolute atomic E-state index is 13.0. The summed E-state index contributed by atoms with van der Waals surface area (Å²) in [5, 5.41) is 0.872. The second-order valence-corrected chi connectivity index (χ2v) is 8.02. The number of hydrogen-bond donors (Lipinski definition) is 0. The number of carbonyl (C=O) groups excluding carboxylic acids is 2. The van der Waals surface area contributed by atoms with Gasteiger partial charge in [0.2, 0.25) is 0 Å². The van der Waals surface area contributed by atoms with Crippen molar-refractivity contribution in [1.29, 1.82) is 0 Å². The van der Waals surface area contributed by atoms with Gasteiger partial charge in [0.05, 0.1) is 5.52 Å². The van der Waals surface area contributed by atoms with Crippen LogP contribution in [0.4, 0.5) is 11.5 Å². The number of aromatic nitrogens is 1. The Balaban J connectivity index is 1.56. The number of fused-ring (bicyclic) bond motifs is 1. The monoisotopic (exact) mass is 417 g/mol. The molecule has 2 heterocycles. The van der Waals surface area contributed by atoms with Crippen LogP contribution >= 0.6 is 0 Å². The molecule has 1 amide bonds. The van der Waals surface area contributed by atoms with Crippen molar-refractivity contribution in [3.05, 3.63) is 66.2 Å². The van der Waals surface area contributed by atoms with Gasteiger partial charge in [0.15, 0.2) is 6.61 Å². The van der Waals surface area contributed by atoms with Crippen molar-refractivity contribution >= 4 is 34.3 Å². The normalized spacial score (nSPS) is 13.6. The molecule has 31 heavy (non-hydrogen) atoms. The van der Waals surface area contributed by atoms with E-state index in [0.29, 0.717) is 11.4 Å². The fourth-order valence-electron chi connectivity index (χ4n) is 4.02. The van der Waals surface area contributed by atoms with Crippen molar-refractivity contribution in [3.63, 3.8) is 0 Å². The zero-order valence-corrected chi connectivity index (χ0v) is 18.0. The van der Waals surface area contributed by atoms with Gasteiger partial charge >= 0.3 is 5.97 Å². The van der Waals surface area contributed by atoms with E-state index in [1.54, 1.807) is 4.90 Å². The van der Waals surface area contributed by atoms with Gasteiger partial charge in [-0.3, -0.25) is 4.79 Å². The number of carbonyl (C=O) groups is 2. The van der Waals surface area contributed by atoms with Crippen LogP contribution in [0.1, 0.15) is 37.0 Å². The minimum Gasteiger partial charge on any atom is -0.452 e. The summed E-state index contributed by atoms with van der Waals surface area (Å²) < 4.78 is 5.49. The number of hydrogen-bond acceptors (Lipinski definition) is 5. The summed E-state index contributed by atoms with van der Waals surface area (Å²) >= 11 is 0. The molecule has 4 rings (SSSR count). The molecule has 6 nitrogen and oxygen atoms in total. The Hall–Kier alpha value is -3.41. The Bertz CT molecular complexity index is 1080. The van der Waals surface area contributed by atoms with Gasteiger partial charge in [-0.05, 0) is 51.0 Å². The third kappa shape index (κ3) is 4.53. The van der Waals surface area contributed by atoms with Crippen LogP contribution in [-0.4, -0.2) is 42.6 Å². The predicted octanol–water partition coefficient (Wildman–Crippen LogP) is 4.43. The Morgan fingerprint density at radius 3 is 2.42 bits per heavy atom. The van der Waals surface area contributed by atoms with Gasteiger partial charge < -0.3 is 14.5 Å². The van der Waals surface area contributed by atoms with Crippen LogP contribution in [0.5, 0.6) is 0 Å². The van der Waals surface area contributed by atoms with Crippen LogP contribution in [0.3, 0.4) is 0 Å². The zero-order chi connectivity index (χ0) is 21.8. The molecule has 160 valence electrons. The number of pyridine rings is 1. The summed E-state index contributed by atoms with van der Waals surface area (Å²) in [6.07, 6.45) is 2.14. The summed E-state index contributed by atoms with van der Waals surface area (Å²) in [4.78, 5) is 34.4. The Morgan fingerprint density at radius 2 is 1.71 bits per heavy atom. The number of amides is 1. The standard InChI is InChI=1S/C25H27N3O3/c1-18(2)28(20-11-4-3-5-12-20)23(29)17-31-25(30)21-16-19-10-6-7-13-22(19)26-24(21)27-14-8-9-15-27/h3-7,10-13,16,18H,8-9,14-15,17H2,1-2H3. The minimum atomic E-state index is -0.523. The second-order valence-electron chi connectivity index (χ2n) is 8.02. The SMILES string of the molecule is CC(C)N(C(=O)COC(=O)c1cc2ccccc2nc1N1CCCC1)c1ccccc1. The van der Waals surface area contributed by atoms with Crippen LogP contribution in [-0.2, 0) is 9.53 Å². The van der Waals surface area contributed by atoms with Gasteiger partial charge in [0, 0.05) is 30.2 Å². The van der Waals surface area contributed by atoms with E-state index in [1.807, 2.05) is 74.5 Å². The highest BCUT2D eigenvalue weighted by Crippen LogP contribution is 2.27. The Kier molecular flexibility index (Phi) is 6.16. The lowest BCUT2D eigenvalue weighted by atomic mass is 10.1. The molecule has 0 atom stereocenters. The fraction of sp³-hybridized carbons (Fsp3) is 0.320. The first-order valence-electron chi connectivity index (χ1n) is 10.7. The number of ether oxygens (including phenoxy) is 1. The van der Waals surface area contributed by atoms with Gasteiger partial charge in [-0.1, -0.05) is 36.4 Å². The largest absolute Gasteiger partial charge is 0.452 e. The predicted molar refractivity (Wildman–Crippen MR) is 123 cm³/mol. The summed E-state index contributed by atoms with van der Waals surface area (Å²) in [6.45, 7) is 5.27. The lowest BCUT2D eigenvalue weighted by molar-refractivity contribution is -0.122. The molecule has 0 bridgehead atoms. The quantitative estimate of drug-likeness (QED) is 0.555. The van der Waals surface area contributed by atoms with Crippen molar-refractivity contribution < 1.29 is 14.3 Å². The lowest BCUT2D eigenvalue weighted by Crippen LogP contribution is -2.40. The van der Waals surface area contributed by atoms with Crippen molar-refractivity contribution in [2.45, 2.75) is 32.7 Å². The molecule has 3 aromatic rings. The van der Waals surface area contributed by atoms with Gasteiger partial charge in [-0.15, -0.1) is 0 Å². The lowest BCUT2D eigenvalue weighted by Gasteiger charge is -2.27. The fourth-order valence-corrected chi connectivity index (χ4v) is 4.02. The minimum absolute atomic E-state index is 0.0592. The Labute approximate surface area is 182 Å². The first-order valence-corrected chi connectivity index (χ1v) is 10.7. The molecule has 1 aliphatic rings. The van der Waals surface area contributed by atoms with E-state index in [1.165, 1.54) is 0 Å². The second kappa shape index (κ2) is 9.16. The van der Waals surface area contributed by atoms with E-state index < -0.39 is 5.97 Å². The molecule has 0 N–H and O–H groups in total. The summed E-state index contributed by atoms with van der Waals surface area (Å²) in [5.41, 5.74) is 2.03. The van der Waals surface area contributed by atoms with E-state index >= 15 is 0 Å². The van der Waals surface area contributed by atoms with Crippen molar-refractivity contribution in [3.8, 4) is 0 Å². The first kappa shape index (κ1) is 20.8. The maximum Gasteiger partial charge on any atom is 0.342 e. The van der Waals surface area contributed by atoms with Crippen LogP contribution < -0.4 is 9.80 Å². The number of para-hydroxylation sites is 2. The molecular formula is C25H27N3O3. The number of benzene rings is 2. The highest BCUT2D eigenvalue weighted by atomic mass is 16.5. The highest BCUT2D eigenvalue weighted by molar-refractivity contribution is 6.01. The molecule has 1 aromatic heterocycles. The maximum atomic E-state index is 13.0. The molecule has 6 heteroatoms. The van der Waals surface area contributed by atoms with Crippen molar-refractivity contribution in [1.82, 2.24) is 4.98 Å². The Morgan fingerprint density at radius 1 is 1.03 bits per heavy atom. The van der Waals surface area contributed by atoms with Gasteiger partial charge in [-0.25, -0.2) is 9.78 Å². The summed E-state index contributed by atoms with van der Waals surface area (Å²) in [7, 11) is 0. The van der Waals surface area contributed by atoms with Crippen LogP contribution in [0.2, 0.25) is 0 Å². The molecule has 1 aliphatic heterocycles. The molecule has 2 aromatic carbocycles. The summed E-state index contributed by atoms with van der Waals surface area (Å²) in [6, 6.07) is 18.9. The molecule has 1 fully saturated rings. The number of anilines is 2. The third-order valence-corrected chi connectivity index (χ3v) is 5.48. The third-order valence-electron chi connectivity index (χ3n) is 5.48. The van der Waals surface area contributed by atoms with E-state index in [9.17, 15) is 9.59 Å². The topological polar surface area (TPSA) is 62.7 Å². The molecule has 0 saturated carbocycles. The first-order chi connectivity index (χ1) is 15.0. The van der Waals surface area contributed by atoms with E-state index in [4.69, 9.17) is 9.72 Å². The van der Waals surface area contributed by atoms with Gasteiger partial charge in [0.1, 0.15) is 11.4 Å². The average molecular weight is 418 g/mol. The molecule has 0 spiro atoms. The number of rotatable bonds is 6. The molecule has 1 saturated heterocycles. The molecular weight excluding hydrogens is 390 g/mol. The zero-order valence-electron chi connectivity index (χ0n) is 18.0. The van der Waals surface area contributed by atoms with Gasteiger partial charge in [-0.2, -0.15) is 0 Å². The van der Waals surface area contributed by atoms with E-state index in [0.717, 1.165) is 42.5 Å². The molecule has 0 aliphatic carbocycles. The number of nitrogens with zero attached hydrogens (tertiary/aromatic N) is 3. The average Bonchev–Trinajstić information content (AvgIpc) is 3.32. The van der Waals surface area contributed by atoms with Crippen LogP contribution in [0.15, 0.2) is 60.7 Å². The smallest absolute Gasteiger partial charge is 0.342 e. The van der Waals surface area contributed by atoms with Crippen LogP contribution in [0, 0.1) is 0 Å². The van der Waals surface area contributed by atoms with E-state index in [-0.39, 0.29) is 18.6 Å².